The predicted molar refractivity (Wildman–Crippen MR) is 75.2 cm³/mol. The second-order valence-corrected chi connectivity index (χ2v) is 6.48. The van der Waals surface area contributed by atoms with Crippen LogP contribution in [0.1, 0.15) is 40.0 Å². The molecule has 1 aliphatic rings. The molecule has 19 heavy (non-hydrogen) atoms. The van der Waals surface area contributed by atoms with Crippen molar-refractivity contribution in [3.63, 3.8) is 0 Å². The predicted octanol–water partition coefficient (Wildman–Crippen LogP) is 2.16. The molecule has 0 aromatic heterocycles. The van der Waals surface area contributed by atoms with E-state index in [2.05, 4.69) is 0 Å². The van der Waals surface area contributed by atoms with Crippen molar-refractivity contribution in [2.45, 2.75) is 45.6 Å². The van der Waals surface area contributed by atoms with E-state index in [-0.39, 0.29) is 11.5 Å². The van der Waals surface area contributed by atoms with E-state index in [4.69, 9.17) is 10.5 Å². The molecule has 112 valence electrons. The number of ether oxygens (including phenoxy) is 1. The molecule has 1 aliphatic heterocycles. The van der Waals surface area contributed by atoms with Gasteiger partial charge < -0.3 is 20.5 Å². The first-order valence-electron chi connectivity index (χ1n) is 7.13. The first-order chi connectivity index (χ1) is 8.84. The molecule has 1 amide bonds. The van der Waals surface area contributed by atoms with E-state index in [1.807, 2.05) is 20.8 Å². The molecule has 0 spiro atoms. The molecule has 0 aromatic rings. The number of amides is 1. The summed E-state index contributed by atoms with van der Waals surface area (Å²) in [6.45, 7) is 8.42. The molecule has 0 saturated carbocycles. The molecule has 0 radical (unpaired) electrons. The summed E-state index contributed by atoms with van der Waals surface area (Å²) in [6.07, 6.45) is 2.35. The van der Waals surface area contributed by atoms with Gasteiger partial charge in [-0.15, -0.1) is 0 Å². The largest absolute Gasteiger partial charge is 0.465 e. The monoisotopic (exact) mass is 272 g/mol. The first-order valence-corrected chi connectivity index (χ1v) is 7.13. The van der Waals surface area contributed by atoms with Crippen LogP contribution in [0, 0.1) is 11.8 Å². The van der Waals surface area contributed by atoms with Crippen molar-refractivity contribution in [2.75, 3.05) is 26.3 Å². The van der Waals surface area contributed by atoms with Gasteiger partial charge >= 0.3 is 6.09 Å². The van der Waals surface area contributed by atoms with E-state index in [0.29, 0.717) is 19.0 Å². The SMILES string of the molecule is CC(C)(C)N(C[C@H](CN)C[C@@H]1CCCOC1)C(=O)O. The van der Waals surface area contributed by atoms with Crippen LogP contribution >= 0.6 is 0 Å². The van der Waals surface area contributed by atoms with E-state index in [1.165, 1.54) is 11.3 Å². The number of rotatable bonds is 5. The molecule has 5 nitrogen and oxygen atoms in total. The molecule has 0 unspecified atom stereocenters. The minimum atomic E-state index is -0.870. The Morgan fingerprint density at radius 3 is 2.63 bits per heavy atom. The molecule has 5 heteroatoms. The van der Waals surface area contributed by atoms with Gasteiger partial charge in [0, 0.05) is 25.3 Å². The Morgan fingerprint density at radius 2 is 2.21 bits per heavy atom. The summed E-state index contributed by atoms with van der Waals surface area (Å²) in [4.78, 5) is 12.8. The Kier molecular flexibility index (Phi) is 6.07. The van der Waals surface area contributed by atoms with Gasteiger partial charge in [-0.1, -0.05) is 0 Å². The molecule has 2 atom stereocenters. The van der Waals surface area contributed by atoms with Gasteiger partial charge in [0.25, 0.3) is 0 Å². The summed E-state index contributed by atoms with van der Waals surface area (Å²) in [5.74, 6) is 0.736. The normalized spacial score (nSPS) is 22.0. The van der Waals surface area contributed by atoms with Gasteiger partial charge in [0.05, 0.1) is 0 Å². The van der Waals surface area contributed by atoms with Gasteiger partial charge in [0.15, 0.2) is 0 Å². The number of carbonyl (C=O) groups is 1. The maximum Gasteiger partial charge on any atom is 0.407 e. The smallest absolute Gasteiger partial charge is 0.407 e. The van der Waals surface area contributed by atoms with Crippen LogP contribution in [-0.2, 0) is 4.74 Å². The van der Waals surface area contributed by atoms with Gasteiger partial charge in [0.1, 0.15) is 0 Å². The van der Waals surface area contributed by atoms with Gasteiger partial charge in [-0.25, -0.2) is 4.79 Å². The third kappa shape index (κ3) is 5.37. The van der Waals surface area contributed by atoms with Crippen molar-refractivity contribution in [3.8, 4) is 0 Å². The molecule has 1 heterocycles. The number of hydrogen-bond donors (Lipinski definition) is 2. The average Bonchev–Trinajstić information content (AvgIpc) is 2.33. The maximum absolute atomic E-state index is 11.4. The summed E-state index contributed by atoms with van der Waals surface area (Å²) >= 11 is 0. The van der Waals surface area contributed by atoms with Crippen LogP contribution in [0.15, 0.2) is 0 Å². The van der Waals surface area contributed by atoms with Crippen molar-refractivity contribution < 1.29 is 14.6 Å². The molecule has 1 rings (SSSR count). The lowest BCUT2D eigenvalue weighted by Gasteiger charge is -2.36. The Hall–Kier alpha value is -0.810. The van der Waals surface area contributed by atoms with Crippen molar-refractivity contribution in [1.82, 2.24) is 4.90 Å². The molecule has 1 fully saturated rings. The van der Waals surface area contributed by atoms with Crippen molar-refractivity contribution >= 4 is 6.09 Å². The average molecular weight is 272 g/mol. The summed E-state index contributed by atoms with van der Waals surface area (Å²) in [6, 6.07) is 0. The van der Waals surface area contributed by atoms with E-state index < -0.39 is 6.09 Å². The van der Waals surface area contributed by atoms with Crippen LogP contribution in [-0.4, -0.2) is 47.9 Å². The third-order valence-electron chi connectivity index (χ3n) is 3.74. The Labute approximate surface area is 116 Å². The number of nitrogens with two attached hydrogens (primary N) is 1. The van der Waals surface area contributed by atoms with E-state index in [1.54, 1.807) is 0 Å². The zero-order valence-electron chi connectivity index (χ0n) is 12.4. The Morgan fingerprint density at radius 1 is 1.53 bits per heavy atom. The molecular weight excluding hydrogens is 244 g/mol. The van der Waals surface area contributed by atoms with Gasteiger partial charge in [-0.05, 0) is 58.4 Å². The van der Waals surface area contributed by atoms with Crippen LogP contribution in [0.5, 0.6) is 0 Å². The highest BCUT2D eigenvalue weighted by Crippen LogP contribution is 2.24. The maximum atomic E-state index is 11.4. The molecule has 3 N–H and O–H groups in total. The van der Waals surface area contributed by atoms with Crippen LogP contribution in [0.2, 0.25) is 0 Å². The molecular formula is C14H28N2O3. The van der Waals surface area contributed by atoms with Gasteiger partial charge in [0.2, 0.25) is 0 Å². The van der Waals surface area contributed by atoms with Crippen molar-refractivity contribution in [2.24, 2.45) is 17.6 Å². The Balaban J connectivity index is 2.55. The van der Waals surface area contributed by atoms with Gasteiger partial charge in [-0.2, -0.15) is 0 Å². The van der Waals surface area contributed by atoms with E-state index in [9.17, 15) is 9.90 Å². The van der Waals surface area contributed by atoms with Crippen LogP contribution in [0.25, 0.3) is 0 Å². The summed E-state index contributed by atoms with van der Waals surface area (Å²) in [7, 11) is 0. The molecule has 1 saturated heterocycles. The molecule has 0 aromatic carbocycles. The molecule has 0 aliphatic carbocycles. The number of carboxylic acid groups (broad SMARTS) is 1. The fraction of sp³-hybridized carbons (Fsp3) is 0.929. The summed E-state index contributed by atoms with van der Waals surface area (Å²) < 4.78 is 5.48. The van der Waals surface area contributed by atoms with Crippen LogP contribution in [0.3, 0.4) is 0 Å². The van der Waals surface area contributed by atoms with Gasteiger partial charge in [-0.3, -0.25) is 0 Å². The highest BCUT2D eigenvalue weighted by molar-refractivity contribution is 5.66. The van der Waals surface area contributed by atoms with Crippen molar-refractivity contribution in [3.05, 3.63) is 0 Å². The quantitative estimate of drug-likeness (QED) is 0.804. The minimum absolute atomic E-state index is 0.210. The van der Waals surface area contributed by atoms with E-state index >= 15 is 0 Å². The summed E-state index contributed by atoms with van der Waals surface area (Å²) in [5.41, 5.74) is 5.43. The third-order valence-corrected chi connectivity index (χ3v) is 3.74. The second kappa shape index (κ2) is 7.10. The highest BCUT2D eigenvalue weighted by atomic mass is 16.5. The first kappa shape index (κ1) is 16.2. The lowest BCUT2D eigenvalue weighted by Crippen LogP contribution is -2.48. The number of nitrogens with zero attached hydrogens (tertiary/aromatic N) is 1. The lowest BCUT2D eigenvalue weighted by molar-refractivity contribution is 0.0383. The minimum Gasteiger partial charge on any atom is -0.465 e. The van der Waals surface area contributed by atoms with Crippen molar-refractivity contribution in [1.29, 1.82) is 0 Å². The Bertz CT molecular complexity index is 283. The van der Waals surface area contributed by atoms with Crippen LogP contribution < -0.4 is 5.73 Å². The fourth-order valence-corrected chi connectivity index (χ4v) is 2.61. The zero-order chi connectivity index (χ0) is 14.5. The topological polar surface area (TPSA) is 75.8 Å². The summed E-state index contributed by atoms with van der Waals surface area (Å²) in [5, 5.41) is 9.32. The second-order valence-electron chi connectivity index (χ2n) is 6.48. The van der Waals surface area contributed by atoms with Crippen LogP contribution in [0.4, 0.5) is 4.79 Å². The highest BCUT2D eigenvalue weighted by Gasteiger charge is 2.29. The zero-order valence-corrected chi connectivity index (χ0v) is 12.4. The lowest BCUT2D eigenvalue weighted by atomic mass is 9.89. The fourth-order valence-electron chi connectivity index (χ4n) is 2.61. The standard InChI is InChI=1S/C14H28N2O3/c1-14(2,3)16(13(17)18)9-12(8-15)7-11-5-4-6-19-10-11/h11-12H,4-10,15H2,1-3H3,(H,17,18)/t11-,12-/m0/s1. The number of hydrogen-bond acceptors (Lipinski definition) is 3. The molecule has 0 bridgehead atoms. The van der Waals surface area contributed by atoms with E-state index in [0.717, 1.165) is 26.1 Å².